The van der Waals surface area contributed by atoms with Gasteiger partial charge in [0.25, 0.3) is 0 Å². The number of hydrogen-bond acceptors (Lipinski definition) is 2. The molecule has 0 saturated heterocycles. The second-order valence-electron chi connectivity index (χ2n) is 4.86. The molecule has 16 heavy (non-hydrogen) atoms. The van der Waals surface area contributed by atoms with E-state index in [1.165, 1.54) is 5.56 Å². The van der Waals surface area contributed by atoms with E-state index in [-0.39, 0.29) is 5.78 Å². The number of aryl methyl sites for hydroxylation is 1. The zero-order valence-electron chi connectivity index (χ0n) is 10.4. The van der Waals surface area contributed by atoms with Gasteiger partial charge in [0.05, 0.1) is 0 Å². The third-order valence-electron chi connectivity index (χ3n) is 2.88. The molecule has 2 N–H and O–H groups in total. The second-order valence-corrected chi connectivity index (χ2v) is 4.86. The van der Waals surface area contributed by atoms with Gasteiger partial charge in [0, 0.05) is 17.5 Å². The third-order valence-corrected chi connectivity index (χ3v) is 2.88. The van der Waals surface area contributed by atoms with Gasteiger partial charge >= 0.3 is 0 Å². The summed E-state index contributed by atoms with van der Waals surface area (Å²) in [6.45, 7) is 6.30. The van der Waals surface area contributed by atoms with E-state index in [9.17, 15) is 4.79 Å². The predicted octanol–water partition coefficient (Wildman–Crippen LogP) is 2.81. The van der Waals surface area contributed by atoms with Crippen molar-refractivity contribution in [3.63, 3.8) is 0 Å². The number of benzene rings is 1. The van der Waals surface area contributed by atoms with Gasteiger partial charge in [-0.25, -0.2) is 0 Å². The van der Waals surface area contributed by atoms with E-state index >= 15 is 0 Å². The van der Waals surface area contributed by atoms with Gasteiger partial charge in [-0.05, 0) is 12.0 Å². The number of Topliss-reactive ketones (excluding diaryl/α,β-unsaturated/α-hetero) is 1. The molecule has 2 heteroatoms. The molecule has 1 aromatic carbocycles. The summed E-state index contributed by atoms with van der Waals surface area (Å²) in [6, 6.07) is 7.88. The Morgan fingerprint density at radius 1 is 1.25 bits per heavy atom. The first-order valence-electron chi connectivity index (χ1n) is 5.85. The van der Waals surface area contributed by atoms with E-state index in [4.69, 9.17) is 5.73 Å². The molecular formula is C14H21NO. The largest absolute Gasteiger partial charge is 0.329 e. The van der Waals surface area contributed by atoms with Crippen LogP contribution in [0.1, 0.15) is 43.1 Å². The summed E-state index contributed by atoms with van der Waals surface area (Å²) in [5.41, 5.74) is 7.18. The lowest BCUT2D eigenvalue weighted by Crippen LogP contribution is -2.32. The Kier molecular flexibility index (Phi) is 4.25. The normalized spacial score (nSPS) is 11.5. The fourth-order valence-corrected chi connectivity index (χ4v) is 1.59. The molecule has 0 amide bonds. The van der Waals surface area contributed by atoms with E-state index in [0.717, 1.165) is 18.4 Å². The van der Waals surface area contributed by atoms with Crippen LogP contribution in [0.2, 0.25) is 0 Å². The van der Waals surface area contributed by atoms with Gasteiger partial charge in [-0.2, -0.15) is 0 Å². The van der Waals surface area contributed by atoms with Gasteiger partial charge in [-0.15, -0.1) is 0 Å². The van der Waals surface area contributed by atoms with E-state index in [1.54, 1.807) is 0 Å². The zero-order chi connectivity index (χ0) is 12.2. The van der Waals surface area contributed by atoms with Gasteiger partial charge in [0.1, 0.15) is 0 Å². The van der Waals surface area contributed by atoms with Crippen LogP contribution in [0.25, 0.3) is 0 Å². The molecule has 0 spiro atoms. The van der Waals surface area contributed by atoms with Crippen LogP contribution >= 0.6 is 0 Å². The van der Waals surface area contributed by atoms with Crippen molar-refractivity contribution in [3.05, 3.63) is 35.4 Å². The van der Waals surface area contributed by atoms with E-state index in [0.29, 0.717) is 6.54 Å². The quantitative estimate of drug-likeness (QED) is 0.774. The Morgan fingerprint density at radius 3 is 2.25 bits per heavy atom. The molecule has 0 aliphatic heterocycles. The predicted molar refractivity (Wildman–Crippen MR) is 67.6 cm³/mol. The summed E-state index contributed by atoms with van der Waals surface area (Å²) < 4.78 is 0. The molecule has 0 heterocycles. The molecule has 0 aromatic heterocycles. The Bertz CT molecular complexity index is 352. The number of ketones is 1. The van der Waals surface area contributed by atoms with Gasteiger partial charge < -0.3 is 5.73 Å². The third kappa shape index (κ3) is 2.92. The first-order valence-corrected chi connectivity index (χ1v) is 5.85. The Morgan fingerprint density at radius 2 is 1.81 bits per heavy atom. The van der Waals surface area contributed by atoms with Gasteiger partial charge in [0.2, 0.25) is 0 Å². The van der Waals surface area contributed by atoms with Crippen molar-refractivity contribution in [1.82, 2.24) is 0 Å². The van der Waals surface area contributed by atoms with Gasteiger partial charge in [-0.1, -0.05) is 51.5 Å². The zero-order valence-corrected chi connectivity index (χ0v) is 10.4. The number of carbonyl (C=O) groups is 1. The fourth-order valence-electron chi connectivity index (χ4n) is 1.59. The molecule has 0 fully saturated rings. The monoisotopic (exact) mass is 219 g/mol. The molecule has 0 aliphatic carbocycles. The van der Waals surface area contributed by atoms with Gasteiger partial charge in [0.15, 0.2) is 5.78 Å². The summed E-state index contributed by atoms with van der Waals surface area (Å²) in [4.78, 5) is 12.1. The number of hydrogen-bond donors (Lipinski definition) is 1. The SMILES string of the molecule is CCCc1ccc(C(=O)C(C)(C)CN)cc1. The number of nitrogens with two attached hydrogens (primary N) is 1. The molecule has 0 atom stereocenters. The highest BCUT2D eigenvalue weighted by Gasteiger charge is 2.26. The molecular weight excluding hydrogens is 198 g/mol. The summed E-state index contributed by atoms with van der Waals surface area (Å²) in [7, 11) is 0. The highest BCUT2D eigenvalue weighted by atomic mass is 16.1. The molecule has 2 nitrogen and oxygen atoms in total. The first-order chi connectivity index (χ1) is 7.51. The van der Waals surface area contributed by atoms with E-state index < -0.39 is 5.41 Å². The minimum atomic E-state index is -0.466. The van der Waals surface area contributed by atoms with Crippen molar-refractivity contribution >= 4 is 5.78 Å². The first kappa shape index (κ1) is 12.9. The summed E-state index contributed by atoms with van der Waals surface area (Å²) in [6.07, 6.45) is 2.19. The maximum Gasteiger partial charge on any atom is 0.169 e. The molecule has 0 unspecified atom stereocenters. The van der Waals surface area contributed by atoms with E-state index in [1.807, 2.05) is 38.1 Å². The van der Waals surface area contributed by atoms with Crippen molar-refractivity contribution in [2.75, 3.05) is 6.54 Å². The summed E-state index contributed by atoms with van der Waals surface area (Å²) in [5, 5.41) is 0. The van der Waals surface area contributed by atoms with Crippen LogP contribution in [0.4, 0.5) is 0 Å². The van der Waals surface area contributed by atoms with E-state index in [2.05, 4.69) is 6.92 Å². The fraction of sp³-hybridized carbons (Fsp3) is 0.500. The average Bonchev–Trinajstić information content (AvgIpc) is 2.29. The standard InChI is InChI=1S/C14H21NO/c1-4-5-11-6-8-12(9-7-11)13(16)14(2,3)10-15/h6-9H,4-5,10,15H2,1-3H3. The minimum Gasteiger partial charge on any atom is -0.329 e. The van der Waals surface area contributed by atoms with Crippen LogP contribution in [-0.4, -0.2) is 12.3 Å². The van der Waals surface area contributed by atoms with Crippen LogP contribution in [0.5, 0.6) is 0 Å². The van der Waals surface area contributed by atoms with Crippen LogP contribution in [0.15, 0.2) is 24.3 Å². The van der Waals surface area contributed by atoms with Crippen molar-refractivity contribution < 1.29 is 4.79 Å². The van der Waals surface area contributed by atoms with Crippen LogP contribution in [0, 0.1) is 5.41 Å². The molecule has 0 radical (unpaired) electrons. The Hall–Kier alpha value is -1.15. The molecule has 88 valence electrons. The lowest BCUT2D eigenvalue weighted by atomic mass is 9.84. The Labute approximate surface area is 97.9 Å². The second kappa shape index (κ2) is 5.26. The summed E-state index contributed by atoms with van der Waals surface area (Å²) in [5.74, 6) is 0.123. The topological polar surface area (TPSA) is 43.1 Å². The van der Waals surface area contributed by atoms with Crippen LogP contribution < -0.4 is 5.73 Å². The summed E-state index contributed by atoms with van der Waals surface area (Å²) >= 11 is 0. The maximum atomic E-state index is 12.1. The van der Waals surface area contributed by atoms with Gasteiger partial charge in [-0.3, -0.25) is 4.79 Å². The lowest BCUT2D eigenvalue weighted by molar-refractivity contribution is 0.0847. The van der Waals surface area contributed by atoms with Crippen molar-refractivity contribution in [1.29, 1.82) is 0 Å². The molecule has 0 aliphatic rings. The Balaban J connectivity index is 2.86. The minimum absolute atomic E-state index is 0.123. The van der Waals surface area contributed by atoms with Crippen molar-refractivity contribution in [2.45, 2.75) is 33.6 Å². The van der Waals surface area contributed by atoms with Crippen LogP contribution in [-0.2, 0) is 6.42 Å². The van der Waals surface area contributed by atoms with Crippen molar-refractivity contribution in [3.8, 4) is 0 Å². The molecule has 0 bridgehead atoms. The smallest absolute Gasteiger partial charge is 0.169 e. The molecule has 0 saturated carbocycles. The van der Waals surface area contributed by atoms with Crippen molar-refractivity contribution in [2.24, 2.45) is 11.1 Å². The number of rotatable bonds is 5. The lowest BCUT2D eigenvalue weighted by Gasteiger charge is -2.20. The highest BCUT2D eigenvalue weighted by Crippen LogP contribution is 2.20. The highest BCUT2D eigenvalue weighted by molar-refractivity contribution is 6.00. The van der Waals surface area contributed by atoms with Crippen LogP contribution in [0.3, 0.4) is 0 Å². The maximum absolute atomic E-state index is 12.1. The molecule has 1 rings (SSSR count). The number of carbonyl (C=O) groups excluding carboxylic acids is 1. The average molecular weight is 219 g/mol. The molecule has 1 aromatic rings.